The molecule has 234 valence electrons. The summed E-state index contributed by atoms with van der Waals surface area (Å²) in [5.41, 5.74) is 7.92. The normalized spacial score (nSPS) is 14.5. The van der Waals surface area contributed by atoms with Crippen LogP contribution in [-0.4, -0.2) is 62.0 Å². The average molecular weight is 620 g/mol. The van der Waals surface area contributed by atoms with E-state index in [0.717, 1.165) is 24.0 Å². The molecule has 0 spiro atoms. The molecule has 3 N–H and O–H groups in total. The monoisotopic (exact) mass is 619 g/mol. The lowest BCUT2D eigenvalue weighted by Gasteiger charge is -2.33. The number of hydrazine groups is 1. The number of likely N-dealkylation sites (tertiary alicyclic amines) is 1. The van der Waals surface area contributed by atoms with E-state index >= 15 is 0 Å². The summed E-state index contributed by atoms with van der Waals surface area (Å²) in [7, 11) is 0. The fourth-order valence-corrected chi connectivity index (χ4v) is 5.05. The third-order valence-electron chi connectivity index (χ3n) is 7.24. The van der Waals surface area contributed by atoms with Crippen LogP contribution in [0.2, 0.25) is 0 Å². The molecule has 4 aromatic rings. The van der Waals surface area contributed by atoms with E-state index in [9.17, 15) is 24.3 Å². The molecule has 2 aromatic heterocycles. The highest BCUT2D eigenvalue weighted by molar-refractivity contribution is 6.07. The van der Waals surface area contributed by atoms with Gasteiger partial charge < -0.3 is 14.7 Å². The molecule has 1 aliphatic rings. The first kappa shape index (κ1) is 31.7. The smallest absolute Gasteiger partial charge is 0.426 e. The maximum atomic E-state index is 13.1. The van der Waals surface area contributed by atoms with Crippen molar-refractivity contribution in [1.82, 2.24) is 25.7 Å². The Balaban J connectivity index is 1.30. The second-order valence-electron chi connectivity index (χ2n) is 11.8. The van der Waals surface area contributed by atoms with Crippen LogP contribution in [-0.2, 0) is 9.53 Å². The van der Waals surface area contributed by atoms with Crippen LogP contribution in [0.15, 0.2) is 73.1 Å². The Labute approximate surface area is 266 Å². The minimum absolute atomic E-state index is 0.272. The number of piperidine rings is 1. The van der Waals surface area contributed by atoms with Gasteiger partial charge in [0, 0.05) is 46.6 Å². The molecule has 46 heavy (non-hydrogen) atoms. The second-order valence-corrected chi connectivity index (χ2v) is 11.8. The van der Waals surface area contributed by atoms with E-state index < -0.39 is 29.6 Å². The number of carbonyl (C=O) groups excluding carboxylic acids is 3. The molecule has 0 aliphatic carbocycles. The molecular weight excluding hydrogens is 586 g/mol. The molecule has 1 atom stereocenters. The van der Waals surface area contributed by atoms with Gasteiger partial charge in [-0.05, 0) is 88.6 Å². The number of nitrogens with one attached hydrogen (secondary N) is 2. The maximum absolute atomic E-state index is 13.1. The number of ether oxygens (including phenoxy) is 1. The van der Waals surface area contributed by atoms with Gasteiger partial charge in [-0.3, -0.25) is 20.0 Å². The van der Waals surface area contributed by atoms with E-state index in [1.165, 1.54) is 11.1 Å². The zero-order chi connectivity index (χ0) is 32.8. The number of amides is 3. The van der Waals surface area contributed by atoms with Crippen molar-refractivity contribution in [3.05, 3.63) is 95.3 Å². The lowest BCUT2D eigenvalue weighted by molar-refractivity contribution is -0.143. The number of fused-ring (bicyclic) bond motifs is 1. The number of rotatable bonds is 4. The van der Waals surface area contributed by atoms with Crippen molar-refractivity contribution in [2.24, 2.45) is 0 Å². The molecule has 11 nitrogen and oxygen atoms in total. The van der Waals surface area contributed by atoms with Gasteiger partial charge in [0.15, 0.2) is 0 Å². The number of nitrogens with zero attached hydrogens (tertiary/aromatic N) is 3. The Morgan fingerprint density at radius 2 is 1.61 bits per heavy atom. The summed E-state index contributed by atoms with van der Waals surface area (Å²) in [5, 5.41) is 10.0. The first-order valence-electron chi connectivity index (χ1n) is 14.8. The number of carbonyl (C=O) groups is 4. The van der Waals surface area contributed by atoms with Crippen LogP contribution < -0.4 is 10.9 Å². The number of hydrogen-bond donors (Lipinski definition) is 3. The molecule has 5 rings (SSSR count). The summed E-state index contributed by atoms with van der Waals surface area (Å²) in [5.74, 6) is 4.37. The van der Waals surface area contributed by atoms with Crippen LogP contribution in [0.3, 0.4) is 0 Å². The molecule has 1 saturated heterocycles. The predicted octanol–water partition coefficient (Wildman–Crippen LogP) is 4.95. The molecule has 11 heteroatoms. The minimum Gasteiger partial charge on any atom is -0.480 e. The molecule has 3 amide bonds. The fourth-order valence-electron chi connectivity index (χ4n) is 5.05. The van der Waals surface area contributed by atoms with Gasteiger partial charge in [0.25, 0.3) is 11.8 Å². The Morgan fingerprint density at radius 3 is 2.26 bits per heavy atom. The zero-order valence-electron chi connectivity index (χ0n) is 25.7. The summed E-state index contributed by atoms with van der Waals surface area (Å²) in [6.07, 6.45) is 4.37. The average Bonchev–Trinajstić information content (AvgIpc) is 3.05. The van der Waals surface area contributed by atoms with Gasteiger partial charge in [-0.2, -0.15) is 0 Å². The standard InChI is InChI=1S/C35H33N5O6/c1-35(2,3)46-34(45)39-38-31(41)26-20-29(37-28-17-18-36-21-27(26)28)24-13-9-22(10-14-24)7-8-23-11-15-25(16-12-23)32(42)40-19-5-4-6-30(40)33(43)44/h9-18,20-21,30H,4-6,19H2,1-3H3,(H,38,41)(H,39,45)(H,43,44). The molecule has 2 aromatic carbocycles. The van der Waals surface area contributed by atoms with Gasteiger partial charge in [0.2, 0.25) is 0 Å². The summed E-state index contributed by atoms with van der Waals surface area (Å²) in [6, 6.07) is 16.7. The molecule has 0 bridgehead atoms. The van der Waals surface area contributed by atoms with E-state index in [0.29, 0.717) is 40.7 Å². The second kappa shape index (κ2) is 13.5. The Kier molecular flexibility index (Phi) is 9.28. The third-order valence-corrected chi connectivity index (χ3v) is 7.24. The summed E-state index contributed by atoms with van der Waals surface area (Å²) < 4.78 is 5.18. The minimum atomic E-state index is -0.978. The topological polar surface area (TPSA) is 151 Å². The highest BCUT2D eigenvalue weighted by Crippen LogP contribution is 2.25. The third kappa shape index (κ3) is 7.65. The van der Waals surface area contributed by atoms with Crippen LogP contribution in [0.4, 0.5) is 4.79 Å². The number of carboxylic acids is 1. The van der Waals surface area contributed by atoms with Crippen LogP contribution >= 0.6 is 0 Å². The molecule has 0 radical (unpaired) electrons. The number of aliphatic carboxylic acids is 1. The molecule has 0 saturated carbocycles. The predicted molar refractivity (Wildman–Crippen MR) is 171 cm³/mol. The van der Waals surface area contributed by atoms with E-state index in [1.807, 2.05) is 24.3 Å². The van der Waals surface area contributed by atoms with E-state index in [-0.39, 0.29) is 11.5 Å². The number of benzene rings is 2. The molecule has 3 heterocycles. The lowest BCUT2D eigenvalue weighted by atomic mass is 10.0. The van der Waals surface area contributed by atoms with Crippen molar-refractivity contribution in [3.63, 3.8) is 0 Å². The maximum Gasteiger partial charge on any atom is 0.426 e. The van der Waals surface area contributed by atoms with Gasteiger partial charge in [-0.15, -0.1) is 0 Å². The first-order valence-corrected chi connectivity index (χ1v) is 14.8. The number of carboxylic acid groups (broad SMARTS) is 1. The fraction of sp³-hybridized carbons (Fsp3) is 0.257. The summed E-state index contributed by atoms with van der Waals surface area (Å²) in [6.45, 7) is 5.59. The van der Waals surface area contributed by atoms with Crippen molar-refractivity contribution in [1.29, 1.82) is 0 Å². The van der Waals surface area contributed by atoms with Crippen LogP contribution in [0.25, 0.3) is 22.2 Å². The summed E-state index contributed by atoms with van der Waals surface area (Å²) >= 11 is 0. The molecule has 1 unspecified atom stereocenters. The van der Waals surface area contributed by atoms with E-state index in [1.54, 1.807) is 63.4 Å². The van der Waals surface area contributed by atoms with Crippen molar-refractivity contribution < 1.29 is 29.0 Å². The SMILES string of the molecule is CC(C)(C)OC(=O)NNC(=O)c1cc(-c2ccc(C#Cc3ccc(C(=O)N4CCCCC4C(=O)O)cc3)cc2)nc2ccncc12. The highest BCUT2D eigenvalue weighted by Gasteiger charge is 2.32. The van der Waals surface area contributed by atoms with Crippen LogP contribution in [0, 0.1) is 11.8 Å². The first-order chi connectivity index (χ1) is 22.0. The summed E-state index contributed by atoms with van der Waals surface area (Å²) in [4.78, 5) is 59.9. The van der Waals surface area contributed by atoms with E-state index in [2.05, 4.69) is 27.7 Å². The number of hydrogen-bond acceptors (Lipinski definition) is 7. The van der Waals surface area contributed by atoms with Gasteiger partial charge in [-0.1, -0.05) is 24.0 Å². The van der Waals surface area contributed by atoms with Crippen LogP contribution in [0.1, 0.15) is 71.9 Å². The van der Waals surface area contributed by atoms with E-state index in [4.69, 9.17) is 9.72 Å². The van der Waals surface area contributed by atoms with Gasteiger partial charge in [0.1, 0.15) is 11.6 Å². The van der Waals surface area contributed by atoms with Crippen LogP contribution in [0.5, 0.6) is 0 Å². The molecular formula is C35H33N5O6. The quantitative estimate of drug-likeness (QED) is 0.215. The Morgan fingerprint density at radius 1 is 0.935 bits per heavy atom. The Hall–Kier alpha value is -5.76. The van der Waals surface area contributed by atoms with Crippen molar-refractivity contribution in [3.8, 4) is 23.1 Å². The Bertz CT molecular complexity index is 1850. The van der Waals surface area contributed by atoms with Gasteiger partial charge in [-0.25, -0.2) is 20.0 Å². The molecule has 1 aliphatic heterocycles. The van der Waals surface area contributed by atoms with Crippen molar-refractivity contribution in [2.45, 2.75) is 51.7 Å². The van der Waals surface area contributed by atoms with Crippen molar-refractivity contribution in [2.75, 3.05) is 6.54 Å². The zero-order valence-corrected chi connectivity index (χ0v) is 25.7. The van der Waals surface area contributed by atoms with Gasteiger partial charge in [0.05, 0.1) is 16.8 Å². The molecule has 1 fully saturated rings. The number of pyridine rings is 2. The highest BCUT2D eigenvalue weighted by atomic mass is 16.6. The largest absolute Gasteiger partial charge is 0.480 e. The number of aromatic nitrogens is 2. The van der Waals surface area contributed by atoms with Gasteiger partial charge >= 0.3 is 12.1 Å². The van der Waals surface area contributed by atoms with Crippen molar-refractivity contribution >= 4 is 34.8 Å². The lowest BCUT2D eigenvalue weighted by Crippen LogP contribution is -2.47.